The van der Waals surface area contributed by atoms with Crippen molar-refractivity contribution in [2.24, 2.45) is 0 Å². The number of non-ortho nitro benzene ring substituents is 1. The van der Waals surface area contributed by atoms with Crippen molar-refractivity contribution in [2.75, 3.05) is 4.72 Å². The van der Waals surface area contributed by atoms with Crippen LogP contribution in [-0.2, 0) is 19.9 Å². The van der Waals surface area contributed by atoms with Gasteiger partial charge < -0.3 is 4.72 Å². The van der Waals surface area contributed by atoms with Gasteiger partial charge in [-0.3, -0.25) is 15.1 Å². The molecular weight excluding hydrogens is 286 g/mol. The van der Waals surface area contributed by atoms with E-state index < -0.39 is 13.6 Å². The molecule has 0 amide bonds. The number of anilines is 1. The minimum absolute atomic E-state index is 0.147. The Morgan fingerprint density at radius 3 is 2.58 bits per heavy atom. The number of nitrogens with one attached hydrogen (secondary N) is 1. The lowest BCUT2D eigenvalue weighted by Crippen LogP contribution is -2.11. The molecule has 0 aliphatic heterocycles. The largest absolute Gasteiger partial charge is 0.300 e. The van der Waals surface area contributed by atoms with Crippen LogP contribution < -0.4 is 4.72 Å². The fourth-order valence-electron chi connectivity index (χ4n) is 1.40. The van der Waals surface area contributed by atoms with Crippen molar-refractivity contribution in [1.82, 2.24) is 4.98 Å². The van der Waals surface area contributed by atoms with Crippen molar-refractivity contribution in [2.45, 2.75) is 4.90 Å². The molecule has 2 aromatic rings. The second-order valence-electron chi connectivity index (χ2n) is 3.60. The molecule has 0 radical (unpaired) electrons. The van der Waals surface area contributed by atoms with Gasteiger partial charge in [0.25, 0.3) is 5.69 Å². The van der Waals surface area contributed by atoms with Gasteiger partial charge in [0.1, 0.15) is 8.68 Å². The molecule has 0 bridgehead atoms. The molecule has 0 fully saturated rings. The highest BCUT2D eigenvalue weighted by molar-refractivity contribution is 8.33. The van der Waals surface area contributed by atoms with Crippen LogP contribution in [0.25, 0.3) is 0 Å². The molecule has 0 aliphatic rings. The zero-order chi connectivity index (χ0) is 13.9. The van der Waals surface area contributed by atoms with Gasteiger partial charge in [0.05, 0.1) is 9.82 Å². The van der Waals surface area contributed by atoms with Gasteiger partial charge in [-0.25, -0.2) is 4.21 Å². The van der Waals surface area contributed by atoms with Crippen LogP contribution in [-0.4, -0.2) is 14.1 Å². The first-order valence-electron chi connectivity index (χ1n) is 5.16. The summed E-state index contributed by atoms with van der Waals surface area (Å²) in [6.45, 7) is 0. The number of hydrogen-bond donors (Lipinski definition) is 1. The zero-order valence-electron chi connectivity index (χ0n) is 9.55. The van der Waals surface area contributed by atoms with Gasteiger partial charge in [-0.1, -0.05) is 6.07 Å². The Labute approximate surface area is 114 Å². The molecule has 1 atom stereocenters. The molecule has 1 heterocycles. The van der Waals surface area contributed by atoms with Crippen molar-refractivity contribution in [3.8, 4) is 0 Å². The van der Waals surface area contributed by atoms with Crippen molar-refractivity contribution < 1.29 is 9.13 Å². The maximum absolute atomic E-state index is 12.4. The highest BCUT2D eigenvalue weighted by atomic mass is 32.8. The molecule has 0 saturated carbocycles. The Morgan fingerprint density at radius 2 is 1.95 bits per heavy atom. The van der Waals surface area contributed by atoms with E-state index in [9.17, 15) is 14.3 Å². The Hall–Kier alpha value is -2.06. The van der Waals surface area contributed by atoms with Gasteiger partial charge in [0.15, 0.2) is 0 Å². The molecule has 8 heteroatoms. The molecule has 0 spiro atoms. The number of pyridine rings is 1. The van der Waals surface area contributed by atoms with Crippen LogP contribution in [0.1, 0.15) is 0 Å². The fraction of sp³-hybridized carbons (Fsp3) is 0. The first-order valence-corrected chi connectivity index (χ1v) is 7.65. The van der Waals surface area contributed by atoms with E-state index in [-0.39, 0.29) is 10.6 Å². The van der Waals surface area contributed by atoms with Gasteiger partial charge in [-0.05, 0) is 18.2 Å². The third-order valence-electron chi connectivity index (χ3n) is 2.27. The predicted molar refractivity (Wildman–Crippen MR) is 74.7 cm³/mol. The minimum atomic E-state index is -3.02. The van der Waals surface area contributed by atoms with Gasteiger partial charge in [-0.15, -0.1) is 0 Å². The molecule has 1 aromatic heterocycles. The standard InChI is InChI=1S/C11H9N3O3S2/c15-14(16)10-2-1-3-11(8-10)19(17,18)13-9-4-6-12-7-5-9/h1-8H,(H,12,13). The molecule has 6 nitrogen and oxygen atoms in total. The van der Waals surface area contributed by atoms with Crippen LogP contribution in [0.4, 0.5) is 11.4 Å². The molecule has 1 unspecified atom stereocenters. The average molecular weight is 295 g/mol. The maximum atomic E-state index is 12.4. The molecular formula is C11H9N3O3S2. The number of nitro benzene ring substituents is 1. The van der Waals surface area contributed by atoms with Crippen LogP contribution in [0.5, 0.6) is 0 Å². The van der Waals surface area contributed by atoms with Crippen LogP contribution >= 0.6 is 0 Å². The number of nitrogens with zero attached hydrogens (tertiary/aromatic N) is 2. The molecule has 0 aliphatic carbocycles. The first kappa shape index (κ1) is 13.4. The van der Waals surface area contributed by atoms with Gasteiger partial charge in [0, 0.05) is 41.4 Å². The summed E-state index contributed by atoms with van der Waals surface area (Å²) < 4.78 is 15.1. The van der Waals surface area contributed by atoms with Crippen LogP contribution in [0, 0.1) is 10.1 Å². The fourth-order valence-corrected chi connectivity index (χ4v) is 3.10. The second-order valence-corrected chi connectivity index (χ2v) is 6.69. The van der Waals surface area contributed by atoms with Crippen LogP contribution in [0.2, 0.25) is 0 Å². The summed E-state index contributed by atoms with van der Waals surface area (Å²) in [5.41, 5.74) is 0.396. The van der Waals surface area contributed by atoms with Crippen LogP contribution in [0.15, 0.2) is 53.7 Å². The predicted octanol–water partition coefficient (Wildman–Crippen LogP) is 2.12. The average Bonchev–Trinajstić information content (AvgIpc) is 2.39. The Kier molecular flexibility index (Phi) is 3.72. The number of aromatic nitrogens is 1. The normalized spacial score (nSPS) is 13.5. The zero-order valence-corrected chi connectivity index (χ0v) is 11.2. The molecule has 1 N–H and O–H groups in total. The molecule has 1 aromatic carbocycles. The molecule has 98 valence electrons. The summed E-state index contributed by atoms with van der Waals surface area (Å²) in [5, 5.41) is 10.7. The lowest BCUT2D eigenvalue weighted by molar-refractivity contribution is -0.385. The lowest BCUT2D eigenvalue weighted by atomic mass is 10.3. The van der Waals surface area contributed by atoms with Crippen molar-refractivity contribution in [3.05, 3.63) is 58.9 Å². The molecule has 19 heavy (non-hydrogen) atoms. The molecule has 0 saturated heterocycles. The summed E-state index contributed by atoms with van der Waals surface area (Å²) in [6, 6.07) is 8.71. The highest BCUT2D eigenvalue weighted by Gasteiger charge is 2.14. The summed E-state index contributed by atoms with van der Waals surface area (Å²) >= 11 is 5.01. The van der Waals surface area contributed by atoms with E-state index in [1.165, 1.54) is 36.7 Å². The lowest BCUT2D eigenvalue weighted by Gasteiger charge is -2.10. The second kappa shape index (κ2) is 5.29. The van der Waals surface area contributed by atoms with E-state index in [4.69, 9.17) is 11.2 Å². The van der Waals surface area contributed by atoms with Crippen molar-refractivity contribution in [1.29, 1.82) is 0 Å². The number of hydrogen-bond acceptors (Lipinski definition) is 5. The Balaban J connectivity index is 2.35. The maximum Gasteiger partial charge on any atom is 0.270 e. The van der Waals surface area contributed by atoms with Crippen LogP contribution in [0.3, 0.4) is 0 Å². The van der Waals surface area contributed by atoms with E-state index >= 15 is 0 Å². The van der Waals surface area contributed by atoms with E-state index in [0.717, 1.165) is 0 Å². The van der Waals surface area contributed by atoms with E-state index in [0.29, 0.717) is 5.69 Å². The number of rotatable bonds is 4. The van der Waals surface area contributed by atoms with Gasteiger partial charge in [-0.2, -0.15) is 0 Å². The Bertz CT molecular complexity index is 702. The summed E-state index contributed by atoms with van der Waals surface area (Å²) in [4.78, 5) is 14.2. The van der Waals surface area contributed by atoms with Gasteiger partial charge >= 0.3 is 0 Å². The third-order valence-corrected chi connectivity index (χ3v) is 4.48. The van der Waals surface area contributed by atoms with E-state index in [2.05, 4.69) is 9.71 Å². The summed E-state index contributed by atoms with van der Waals surface area (Å²) in [5.74, 6) is 0. The van der Waals surface area contributed by atoms with Crippen molar-refractivity contribution >= 4 is 31.2 Å². The summed E-state index contributed by atoms with van der Waals surface area (Å²) in [6.07, 6.45) is 3.06. The summed E-state index contributed by atoms with van der Waals surface area (Å²) in [7, 11) is -3.02. The minimum Gasteiger partial charge on any atom is -0.300 e. The molecule has 2 rings (SSSR count). The first-order chi connectivity index (χ1) is 8.99. The SMILES string of the molecule is O=[N+]([O-])c1cccc(S(=O)(=S)Nc2ccncc2)c1. The monoisotopic (exact) mass is 295 g/mol. The number of nitro groups is 1. The highest BCUT2D eigenvalue weighted by Crippen LogP contribution is 2.20. The quantitative estimate of drug-likeness (QED) is 0.690. The van der Waals surface area contributed by atoms with Gasteiger partial charge in [0.2, 0.25) is 0 Å². The van der Waals surface area contributed by atoms with E-state index in [1.54, 1.807) is 12.1 Å². The topological polar surface area (TPSA) is 85.1 Å². The van der Waals surface area contributed by atoms with Crippen molar-refractivity contribution in [3.63, 3.8) is 0 Å². The van der Waals surface area contributed by atoms with E-state index in [1.807, 2.05) is 0 Å². The third kappa shape index (κ3) is 3.24. The Morgan fingerprint density at radius 1 is 1.26 bits per heavy atom. The number of benzene rings is 1. The smallest absolute Gasteiger partial charge is 0.270 e.